The number of aromatic amines is 1. The van der Waals surface area contributed by atoms with Crippen LogP contribution in [0.3, 0.4) is 0 Å². The molecule has 2 heterocycles. The Balaban J connectivity index is 1.85. The van der Waals surface area contributed by atoms with Crippen molar-refractivity contribution in [3.63, 3.8) is 0 Å². The van der Waals surface area contributed by atoms with E-state index in [1.54, 1.807) is 31.4 Å². The van der Waals surface area contributed by atoms with Gasteiger partial charge in [0.2, 0.25) is 5.89 Å². The molecule has 172 valence electrons. The summed E-state index contributed by atoms with van der Waals surface area (Å²) >= 11 is 6.05. The van der Waals surface area contributed by atoms with Crippen molar-refractivity contribution in [2.75, 3.05) is 20.2 Å². The first kappa shape index (κ1) is 23.0. The van der Waals surface area contributed by atoms with Crippen LogP contribution >= 0.6 is 11.6 Å². The number of hydrogen-bond acceptors (Lipinski definition) is 6. The van der Waals surface area contributed by atoms with Crippen molar-refractivity contribution >= 4 is 28.3 Å². The fourth-order valence-electron chi connectivity index (χ4n) is 4.07. The first-order valence-electron chi connectivity index (χ1n) is 11.0. The van der Waals surface area contributed by atoms with Crippen LogP contribution in [0.5, 0.6) is 5.75 Å². The minimum absolute atomic E-state index is 0.142. The van der Waals surface area contributed by atoms with E-state index >= 15 is 0 Å². The molecule has 33 heavy (non-hydrogen) atoms. The van der Waals surface area contributed by atoms with Gasteiger partial charge >= 0.3 is 0 Å². The third kappa shape index (κ3) is 4.65. The molecule has 7 nitrogen and oxygen atoms in total. The van der Waals surface area contributed by atoms with Crippen LogP contribution < -0.4 is 4.74 Å². The molecule has 1 unspecified atom stereocenters. The van der Waals surface area contributed by atoms with Crippen molar-refractivity contribution in [2.24, 2.45) is 0 Å². The average Bonchev–Trinajstić information content (AvgIpc) is 3.42. The number of benzene rings is 2. The molecule has 1 atom stereocenters. The number of nitrogens with zero attached hydrogens (tertiary/aromatic N) is 3. The van der Waals surface area contributed by atoms with Gasteiger partial charge in [-0.25, -0.2) is 0 Å². The van der Waals surface area contributed by atoms with Crippen molar-refractivity contribution < 1.29 is 14.1 Å². The van der Waals surface area contributed by atoms with E-state index in [9.17, 15) is 4.79 Å². The van der Waals surface area contributed by atoms with E-state index < -0.39 is 5.92 Å². The molecule has 4 aromatic rings. The number of fused-ring (bicyclic) bond motifs is 1. The van der Waals surface area contributed by atoms with Crippen LogP contribution in [0.4, 0.5) is 0 Å². The van der Waals surface area contributed by atoms with Crippen LogP contribution in [0.25, 0.3) is 10.9 Å². The molecule has 0 bridgehead atoms. The number of aromatic nitrogens is 3. The smallest absolute Gasteiger partial charge is 0.242 e. The minimum Gasteiger partial charge on any atom is -0.497 e. The van der Waals surface area contributed by atoms with Gasteiger partial charge in [-0.3, -0.25) is 9.69 Å². The number of methoxy groups -OCH3 is 1. The van der Waals surface area contributed by atoms with E-state index in [-0.39, 0.29) is 11.7 Å². The van der Waals surface area contributed by atoms with E-state index in [2.05, 4.69) is 33.9 Å². The lowest BCUT2D eigenvalue weighted by Gasteiger charge is -2.15. The molecule has 0 saturated heterocycles. The van der Waals surface area contributed by atoms with Gasteiger partial charge in [0, 0.05) is 32.7 Å². The van der Waals surface area contributed by atoms with Crippen LogP contribution in [0.15, 0.2) is 47.0 Å². The van der Waals surface area contributed by atoms with Gasteiger partial charge in [0.25, 0.3) is 0 Å². The zero-order valence-corrected chi connectivity index (χ0v) is 19.9. The summed E-state index contributed by atoms with van der Waals surface area (Å²) in [5, 5.41) is 5.62. The Hall–Kier alpha value is -3.16. The first-order valence-corrected chi connectivity index (χ1v) is 11.3. The van der Waals surface area contributed by atoms with Gasteiger partial charge in [0.05, 0.1) is 13.7 Å². The van der Waals surface area contributed by atoms with Crippen molar-refractivity contribution in [1.82, 2.24) is 20.0 Å². The molecule has 0 fully saturated rings. The number of halogens is 1. The molecule has 0 radical (unpaired) electrons. The Labute approximate surface area is 197 Å². The minimum atomic E-state index is -0.773. The predicted octanol–water partition coefficient (Wildman–Crippen LogP) is 5.38. The number of carbonyl (C=O) groups excluding carboxylic acids is 1. The fourth-order valence-corrected chi connectivity index (χ4v) is 4.20. The Bertz CT molecular complexity index is 1260. The maximum Gasteiger partial charge on any atom is 0.242 e. The highest BCUT2D eigenvalue weighted by molar-refractivity contribution is 6.30. The maximum absolute atomic E-state index is 13.8. The van der Waals surface area contributed by atoms with Crippen molar-refractivity contribution in [2.45, 2.75) is 33.2 Å². The zero-order valence-electron chi connectivity index (χ0n) is 19.2. The molecule has 0 aliphatic carbocycles. The Morgan fingerprint density at radius 3 is 2.58 bits per heavy atom. The summed E-state index contributed by atoms with van der Waals surface area (Å²) in [6, 6.07) is 12.6. The van der Waals surface area contributed by atoms with Crippen LogP contribution in [0, 0.1) is 6.92 Å². The predicted molar refractivity (Wildman–Crippen MR) is 128 cm³/mol. The quantitative estimate of drug-likeness (QED) is 0.333. The number of H-pyrrole nitrogens is 1. The number of rotatable bonds is 9. The third-order valence-electron chi connectivity index (χ3n) is 5.91. The van der Waals surface area contributed by atoms with Gasteiger partial charge in [-0.15, -0.1) is 0 Å². The Morgan fingerprint density at radius 2 is 1.91 bits per heavy atom. The van der Waals surface area contributed by atoms with Gasteiger partial charge in [-0.1, -0.05) is 30.6 Å². The molecular weight excluding hydrogens is 440 g/mol. The molecule has 8 heteroatoms. The molecule has 0 spiro atoms. The number of ketones is 1. The van der Waals surface area contributed by atoms with Crippen molar-refractivity contribution in [1.29, 1.82) is 0 Å². The summed E-state index contributed by atoms with van der Waals surface area (Å²) in [6.45, 7) is 8.40. The standard InChI is InChI=1S/C25H27ClN4O3/c1-5-30(6-2)14-21-28-25(33-29-21)23(24(31)16-7-9-17(26)10-8-16)22-15(3)27-20-12-11-18(32-4)13-19(20)22/h7-13,23,27H,5-6,14H2,1-4H3. The van der Waals surface area contributed by atoms with E-state index in [1.807, 2.05) is 25.1 Å². The lowest BCUT2D eigenvalue weighted by Crippen LogP contribution is -2.23. The maximum atomic E-state index is 13.8. The van der Waals surface area contributed by atoms with Gasteiger partial charge < -0.3 is 14.2 Å². The second-order valence-electron chi connectivity index (χ2n) is 7.89. The molecule has 2 aromatic carbocycles. The molecule has 0 saturated carbocycles. The highest BCUT2D eigenvalue weighted by Gasteiger charge is 2.33. The molecule has 2 aromatic heterocycles. The number of Topliss-reactive ketones (excluding diaryl/α,β-unsaturated/α-hetero) is 1. The second kappa shape index (κ2) is 9.77. The zero-order chi connectivity index (χ0) is 23.5. The summed E-state index contributed by atoms with van der Waals surface area (Å²) in [4.78, 5) is 24.0. The molecule has 0 amide bonds. The summed E-state index contributed by atoms with van der Waals surface area (Å²) in [5.41, 5.74) is 3.07. The van der Waals surface area contributed by atoms with Gasteiger partial charge in [0.1, 0.15) is 11.7 Å². The lowest BCUT2D eigenvalue weighted by atomic mass is 9.88. The van der Waals surface area contributed by atoms with Gasteiger partial charge in [-0.2, -0.15) is 4.98 Å². The number of aryl methyl sites for hydroxylation is 1. The molecular formula is C25H27ClN4O3. The first-order chi connectivity index (χ1) is 15.9. The highest BCUT2D eigenvalue weighted by Crippen LogP contribution is 2.37. The molecule has 0 aliphatic rings. The summed E-state index contributed by atoms with van der Waals surface area (Å²) in [6.07, 6.45) is 0. The Morgan fingerprint density at radius 1 is 1.18 bits per heavy atom. The van der Waals surface area contributed by atoms with Crippen molar-refractivity contribution in [3.8, 4) is 5.75 Å². The molecule has 4 rings (SSSR count). The van der Waals surface area contributed by atoms with E-state index in [4.69, 9.17) is 20.9 Å². The summed E-state index contributed by atoms with van der Waals surface area (Å²) in [7, 11) is 1.62. The summed E-state index contributed by atoms with van der Waals surface area (Å²) < 4.78 is 11.1. The molecule has 1 N–H and O–H groups in total. The fraction of sp³-hybridized carbons (Fsp3) is 0.320. The second-order valence-corrected chi connectivity index (χ2v) is 8.33. The third-order valence-corrected chi connectivity index (χ3v) is 6.16. The van der Waals surface area contributed by atoms with Crippen LogP contribution in [0.1, 0.15) is 53.1 Å². The van der Waals surface area contributed by atoms with E-state index in [0.29, 0.717) is 28.7 Å². The van der Waals surface area contributed by atoms with Crippen LogP contribution in [-0.2, 0) is 6.54 Å². The van der Waals surface area contributed by atoms with E-state index in [0.717, 1.165) is 35.2 Å². The number of carbonyl (C=O) groups is 1. The topological polar surface area (TPSA) is 84.2 Å². The van der Waals surface area contributed by atoms with Crippen molar-refractivity contribution in [3.05, 3.63) is 76.0 Å². The number of hydrogen-bond donors (Lipinski definition) is 1. The number of nitrogens with one attached hydrogen (secondary N) is 1. The van der Waals surface area contributed by atoms with Crippen LogP contribution in [0.2, 0.25) is 5.02 Å². The Kier molecular flexibility index (Phi) is 6.81. The average molecular weight is 467 g/mol. The molecule has 0 aliphatic heterocycles. The monoisotopic (exact) mass is 466 g/mol. The highest BCUT2D eigenvalue weighted by atomic mass is 35.5. The summed E-state index contributed by atoms with van der Waals surface area (Å²) in [5.74, 6) is 0.608. The van der Waals surface area contributed by atoms with Gasteiger partial charge in [-0.05, 0) is 62.5 Å². The van der Waals surface area contributed by atoms with Gasteiger partial charge in [0.15, 0.2) is 11.6 Å². The normalized spacial score (nSPS) is 12.4. The number of ether oxygens (including phenoxy) is 1. The SMILES string of the molecule is CCN(CC)Cc1noc(C(C(=O)c2ccc(Cl)cc2)c2c(C)[nH]c3ccc(OC)cc23)n1. The van der Waals surface area contributed by atoms with E-state index in [1.165, 1.54) is 0 Å². The lowest BCUT2D eigenvalue weighted by molar-refractivity contribution is 0.0961. The van der Waals surface area contributed by atoms with Crippen LogP contribution in [-0.4, -0.2) is 46.0 Å². The largest absolute Gasteiger partial charge is 0.497 e.